The van der Waals surface area contributed by atoms with Crippen molar-refractivity contribution in [3.05, 3.63) is 32.9 Å². The van der Waals surface area contributed by atoms with Crippen LogP contribution in [0.3, 0.4) is 0 Å². The molecule has 0 saturated heterocycles. The Morgan fingerprint density at radius 2 is 2.00 bits per heavy atom. The van der Waals surface area contributed by atoms with E-state index in [4.69, 9.17) is 4.42 Å². The van der Waals surface area contributed by atoms with Crippen LogP contribution in [-0.4, -0.2) is 20.2 Å². The maximum atomic E-state index is 11.5. The number of H-pyrrole nitrogens is 2. The van der Waals surface area contributed by atoms with Crippen LogP contribution in [0, 0.1) is 0 Å². The average molecular weight is 236 g/mol. The quantitative estimate of drug-likeness (QED) is 0.746. The first kappa shape index (κ1) is 11.3. The summed E-state index contributed by atoms with van der Waals surface area (Å²) in [4.78, 5) is 28.4. The van der Waals surface area contributed by atoms with Gasteiger partial charge in [0, 0.05) is 5.41 Å². The van der Waals surface area contributed by atoms with Crippen LogP contribution in [0.15, 0.2) is 20.2 Å². The number of nitrogens with one attached hydrogen (secondary N) is 2. The molecule has 0 unspecified atom stereocenters. The Labute approximate surface area is 95.9 Å². The number of aromatic nitrogens is 4. The molecule has 2 heterocycles. The molecule has 0 aliphatic heterocycles. The summed E-state index contributed by atoms with van der Waals surface area (Å²) in [7, 11) is 0. The smallest absolute Gasteiger partial charge is 0.342 e. The molecule has 0 aliphatic carbocycles. The van der Waals surface area contributed by atoms with Gasteiger partial charge in [-0.25, -0.2) is 14.9 Å². The van der Waals surface area contributed by atoms with Crippen LogP contribution in [0.5, 0.6) is 0 Å². The summed E-state index contributed by atoms with van der Waals surface area (Å²) >= 11 is 0. The molecule has 0 amide bonds. The van der Waals surface area contributed by atoms with Gasteiger partial charge in [-0.2, -0.15) is 5.10 Å². The number of hydrogen-bond donors (Lipinski definition) is 2. The molecule has 2 aromatic rings. The van der Waals surface area contributed by atoms with Crippen molar-refractivity contribution in [3.8, 4) is 11.5 Å². The molecule has 2 N–H and O–H groups in total. The lowest BCUT2D eigenvalue weighted by molar-refractivity contribution is 0.398. The fraction of sp³-hybridized carbons (Fsp3) is 0.400. The molecule has 17 heavy (non-hydrogen) atoms. The van der Waals surface area contributed by atoms with Crippen molar-refractivity contribution in [2.24, 2.45) is 0 Å². The Morgan fingerprint density at radius 3 is 2.53 bits per heavy atom. The van der Waals surface area contributed by atoms with Crippen LogP contribution in [-0.2, 0) is 5.41 Å². The van der Waals surface area contributed by atoms with E-state index in [1.165, 1.54) is 6.20 Å². The first-order valence-corrected chi connectivity index (χ1v) is 5.03. The molecule has 2 rings (SSSR count). The Bertz CT molecular complexity index is 644. The van der Waals surface area contributed by atoms with Crippen molar-refractivity contribution < 1.29 is 4.42 Å². The van der Waals surface area contributed by atoms with Gasteiger partial charge >= 0.3 is 5.69 Å². The monoisotopic (exact) mass is 236 g/mol. The van der Waals surface area contributed by atoms with E-state index in [9.17, 15) is 9.59 Å². The Kier molecular flexibility index (Phi) is 2.45. The lowest BCUT2D eigenvalue weighted by Gasteiger charge is -2.11. The van der Waals surface area contributed by atoms with Crippen LogP contribution in [0.25, 0.3) is 11.5 Å². The molecule has 2 aromatic heterocycles. The minimum Gasteiger partial charge on any atom is -0.438 e. The van der Waals surface area contributed by atoms with Crippen molar-refractivity contribution >= 4 is 0 Å². The summed E-state index contributed by atoms with van der Waals surface area (Å²) in [5.41, 5.74) is -1.51. The van der Waals surface area contributed by atoms with Crippen LogP contribution in [0.2, 0.25) is 0 Å². The van der Waals surface area contributed by atoms with Gasteiger partial charge in [-0.05, 0) is 0 Å². The van der Waals surface area contributed by atoms with Crippen molar-refractivity contribution in [2.75, 3.05) is 0 Å². The zero-order valence-electron chi connectivity index (χ0n) is 9.70. The summed E-state index contributed by atoms with van der Waals surface area (Å²) < 4.78 is 5.44. The number of nitrogens with zero attached hydrogens (tertiary/aromatic N) is 2. The topological polar surface area (TPSA) is 105 Å². The molecule has 0 fully saturated rings. The normalized spacial score (nSPS) is 11.7. The molecular weight excluding hydrogens is 224 g/mol. The Morgan fingerprint density at radius 1 is 1.29 bits per heavy atom. The molecule has 0 radical (unpaired) electrons. The summed E-state index contributed by atoms with van der Waals surface area (Å²) in [5.74, 6) is 0.729. The van der Waals surface area contributed by atoms with E-state index in [1.807, 2.05) is 20.8 Å². The first-order valence-electron chi connectivity index (χ1n) is 5.03. The highest BCUT2D eigenvalue weighted by atomic mass is 16.4. The van der Waals surface area contributed by atoms with Crippen LogP contribution in [0.4, 0.5) is 0 Å². The maximum absolute atomic E-state index is 11.5. The van der Waals surface area contributed by atoms with Crippen LogP contribution >= 0.6 is 0 Å². The molecule has 0 bridgehead atoms. The largest absolute Gasteiger partial charge is 0.438 e. The number of aromatic amines is 2. The molecule has 0 aliphatic rings. The molecule has 7 nitrogen and oxygen atoms in total. The molecule has 7 heteroatoms. The van der Waals surface area contributed by atoms with Crippen LogP contribution < -0.4 is 11.2 Å². The second-order valence-electron chi connectivity index (χ2n) is 4.64. The van der Waals surface area contributed by atoms with Crippen molar-refractivity contribution in [3.63, 3.8) is 0 Å². The van der Waals surface area contributed by atoms with Gasteiger partial charge in [0.05, 0.1) is 6.20 Å². The van der Waals surface area contributed by atoms with Gasteiger partial charge in [-0.3, -0.25) is 9.78 Å². The van der Waals surface area contributed by atoms with E-state index in [2.05, 4.69) is 20.2 Å². The zero-order chi connectivity index (χ0) is 12.6. The predicted octanol–water partition coefficient (Wildman–Crippen LogP) is 0.411. The van der Waals surface area contributed by atoms with Gasteiger partial charge in [0.25, 0.3) is 5.56 Å². The Balaban J connectivity index is 2.51. The van der Waals surface area contributed by atoms with E-state index >= 15 is 0 Å². The first-order chi connectivity index (χ1) is 7.88. The van der Waals surface area contributed by atoms with E-state index in [-0.39, 0.29) is 16.9 Å². The van der Waals surface area contributed by atoms with Gasteiger partial charge in [0.2, 0.25) is 0 Å². The highest BCUT2D eigenvalue weighted by Gasteiger charge is 2.21. The predicted molar refractivity (Wildman–Crippen MR) is 59.7 cm³/mol. The van der Waals surface area contributed by atoms with E-state index in [1.54, 1.807) is 0 Å². The molecule has 0 aromatic carbocycles. The fourth-order valence-electron chi connectivity index (χ4n) is 1.25. The maximum Gasteiger partial charge on any atom is 0.342 e. The fourth-order valence-corrected chi connectivity index (χ4v) is 1.25. The third-order valence-corrected chi connectivity index (χ3v) is 2.09. The second kappa shape index (κ2) is 3.69. The Hall–Kier alpha value is -2.18. The van der Waals surface area contributed by atoms with E-state index in [0.717, 1.165) is 0 Å². The second-order valence-corrected chi connectivity index (χ2v) is 4.64. The van der Waals surface area contributed by atoms with Crippen molar-refractivity contribution in [1.82, 2.24) is 20.2 Å². The number of hydrogen-bond acceptors (Lipinski definition) is 5. The molecule has 0 spiro atoms. The lowest BCUT2D eigenvalue weighted by atomic mass is 9.97. The summed E-state index contributed by atoms with van der Waals surface area (Å²) in [6, 6.07) is 0. The third kappa shape index (κ3) is 2.17. The van der Waals surface area contributed by atoms with Crippen molar-refractivity contribution in [1.29, 1.82) is 0 Å². The van der Waals surface area contributed by atoms with Crippen LogP contribution in [0.1, 0.15) is 26.7 Å². The van der Waals surface area contributed by atoms with E-state index < -0.39 is 11.2 Å². The highest BCUT2D eigenvalue weighted by molar-refractivity contribution is 5.47. The summed E-state index contributed by atoms with van der Waals surface area (Å²) in [5, 5.41) is 5.77. The third-order valence-electron chi connectivity index (χ3n) is 2.09. The van der Waals surface area contributed by atoms with E-state index in [0.29, 0.717) is 5.89 Å². The molecular formula is C10H12N4O3. The molecule has 0 atom stereocenters. The van der Waals surface area contributed by atoms with Gasteiger partial charge in [-0.15, -0.1) is 0 Å². The minimum atomic E-state index is -0.658. The van der Waals surface area contributed by atoms with Gasteiger partial charge in [0.15, 0.2) is 17.3 Å². The van der Waals surface area contributed by atoms with Crippen molar-refractivity contribution in [2.45, 2.75) is 26.2 Å². The molecule has 0 saturated carbocycles. The summed E-state index contributed by atoms with van der Waals surface area (Å²) in [6.07, 6.45) is 1.41. The zero-order valence-corrected chi connectivity index (χ0v) is 9.70. The molecule has 90 valence electrons. The van der Waals surface area contributed by atoms with Gasteiger partial charge in [-0.1, -0.05) is 20.8 Å². The number of rotatable bonds is 1. The number of oxazole rings is 1. The highest BCUT2D eigenvalue weighted by Crippen LogP contribution is 2.24. The summed E-state index contributed by atoms with van der Waals surface area (Å²) in [6.45, 7) is 5.81. The average Bonchev–Trinajstić information content (AvgIpc) is 2.65. The van der Waals surface area contributed by atoms with Gasteiger partial charge in [0.1, 0.15) is 0 Å². The van der Waals surface area contributed by atoms with Gasteiger partial charge < -0.3 is 4.42 Å². The minimum absolute atomic E-state index is 0.00704. The standard InChI is InChI=1S/C10H12N4O3/c1-10(2,3)8-11-4-5(17-8)6-7(15)12-9(16)14-13-6/h4H,1-3H3,(H2,12,14,15,16). The lowest BCUT2D eigenvalue weighted by Crippen LogP contribution is -2.25. The SMILES string of the molecule is CC(C)(C)c1ncc(-c2n[nH]c(=O)[nH]c2=O)o1.